The zero-order valence-electron chi connectivity index (χ0n) is 14.0. The second-order valence-corrected chi connectivity index (χ2v) is 7.04. The van der Waals surface area contributed by atoms with E-state index in [9.17, 15) is 0 Å². The summed E-state index contributed by atoms with van der Waals surface area (Å²) in [4.78, 5) is 2.60. The average Bonchev–Trinajstić information content (AvgIpc) is 2.97. The smallest absolute Gasteiger partial charge is 0.0568 e. The summed E-state index contributed by atoms with van der Waals surface area (Å²) in [6, 6.07) is 8.72. The van der Waals surface area contributed by atoms with E-state index in [1.165, 1.54) is 54.9 Å². The molecular formula is C19H27N3. The van der Waals surface area contributed by atoms with Gasteiger partial charge < -0.3 is 4.90 Å². The first kappa shape index (κ1) is 15.3. The van der Waals surface area contributed by atoms with Crippen LogP contribution in [-0.4, -0.2) is 34.7 Å². The lowest BCUT2D eigenvalue weighted by atomic mass is 9.89. The van der Waals surface area contributed by atoms with E-state index in [-0.39, 0.29) is 0 Å². The number of aromatic nitrogens is 2. The Balaban J connectivity index is 1.73. The molecular weight excluding hydrogens is 270 g/mol. The second-order valence-electron chi connectivity index (χ2n) is 7.04. The van der Waals surface area contributed by atoms with Crippen LogP contribution in [0.15, 0.2) is 30.5 Å². The normalized spacial score (nSPS) is 17.3. The van der Waals surface area contributed by atoms with E-state index in [2.05, 4.69) is 60.1 Å². The summed E-state index contributed by atoms with van der Waals surface area (Å²) in [5.74, 6) is 1.37. The average molecular weight is 297 g/mol. The van der Waals surface area contributed by atoms with Gasteiger partial charge in [0.15, 0.2) is 0 Å². The molecule has 0 amide bonds. The number of nitrogens with zero attached hydrogens (tertiary/aromatic N) is 2. The number of piperidine rings is 1. The number of H-pyrrole nitrogens is 1. The van der Waals surface area contributed by atoms with Gasteiger partial charge in [0, 0.05) is 23.7 Å². The van der Waals surface area contributed by atoms with Gasteiger partial charge in [-0.05, 0) is 44.3 Å². The third-order valence-electron chi connectivity index (χ3n) is 4.62. The van der Waals surface area contributed by atoms with Crippen LogP contribution in [-0.2, 0) is 0 Å². The number of aryl methyl sites for hydroxylation is 1. The number of rotatable bonds is 4. The van der Waals surface area contributed by atoms with Gasteiger partial charge in [-0.15, -0.1) is 0 Å². The molecule has 0 radical (unpaired) electrons. The van der Waals surface area contributed by atoms with Gasteiger partial charge in [-0.1, -0.05) is 43.7 Å². The Morgan fingerprint density at radius 1 is 1.27 bits per heavy atom. The van der Waals surface area contributed by atoms with Crippen molar-refractivity contribution in [3.05, 3.63) is 41.7 Å². The van der Waals surface area contributed by atoms with E-state index in [4.69, 9.17) is 0 Å². The second kappa shape index (κ2) is 6.66. The molecule has 0 bridgehead atoms. The molecule has 2 heterocycles. The van der Waals surface area contributed by atoms with Crippen LogP contribution in [0.2, 0.25) is 0 Å². The van der Waals surface area contributed by atoms with Crippen molar-refractivity contribution >= 4 is 0 Å². The fraction of sp³-hybridized carbons (Fsp3) is 0.526. The van der Waals surface area contributed by atoms with Gasteiger partial charge in [0.25, 0.3) is 0 Å². The Kier molecular flexibility index (Phi) is 4.63. The van der Waals surface area contributed by atoms with Gasteiger partial charge in [0.2, 0.25) is 0 Å². The molecule has 0 saturated carbocycles. The Hall–Kier alpha value is -1.61. The fourth-order valence-electron chi connectivity index (χ4n) is 3.57. The summed E-state index contributed by atoms with van der Waals surface area (Å²) in [5.41, 5.74) is 5.20. The Bertz CT molecular complexity index is 607. The lowest BCUT2D eigenvalue weighted by Gasteiger charge is -2.32. The minimum absolute atomic E-state index is 0.612. The van der Waals surface area contributed by atoms with Crippen LogP contribution in [0.5, 0.6) is 0 Å². The molecule has 3 heteroatoms. The van der Waals surface area contributed by atoms with Gasteiger partial charge in [-0.2, -0.15) is 5.10 Å². The van der Waals surface area contributed by atoms with E-state index in [1.54, 1.807) is 0 Å². The van der Waals surface area contributed by atoms with Gasteiger partial charge in [-0.25, -0.2) is 0 Å². The molecule has 1 aromatic carbocycles. The first-order valence-electron chi connectivity index (χ1n) is 8.46. The summed E-state index contributed by atoms with van der Waals surface area (Å²) < 4.78 is 0. The summed E-state index contributed by atoms with van der Waals surface area (Å²) in [6.45, 7) is 10.4. The Morgan fingerprint density at radius 2 is 2.05 bits per heavy atom. The van der Waals surface area contributed by atoms with Crippen molar-refractivity contribution in [1.82, 2.24) is 15.1 Å². The molecule has 22 heavy (non-hydrogen) atoms. The number of likely N-dealkylation sites (tertiary alicyclic amines) is 1. The molecule has 1 aliphatic heterocycles. The van der Waals surface area contributed by atoms with Gasteiger partial charge in [0.1, 0.15) is 0 Å². The highest BCUT2D eigenvalue weighted by atomic mass is 15.1. The number of benzene rings is 1. The molecule has 1 saturated heterocycles. The first-order chi connectivity index (χ1) is 10.6. The lowest BCUT2D eigenvalue weighted by molar-refractivity contribution is 0.191. The predicted molar refractivity (Wildman–Crippen MR) is 92.0 cm³/mol. The third kappa shape index (κ3) is 3.41. The van der Waals surface area contributed by atoms with E-state index >= 15 is 0 Å². The third-order valence-corrected chi connectivity index (χ3v) is 4.62. The molecule has 1 N–H and O–H groups in total. The van der Waals surface area contributed by atoms with Crippen LogP contribution in [0.4, 0.5) is 0 Å². The van der Waals surface area contributed by atoms with Crippen molar-refractivity contribution in [3.8, 4) is 11.1 Å². The molecule has 0 atom stereocenters. The Labute approximate surface area is 133 Å². The van der Waals surface area contributed by atoms with Crippen LogP contribution >= 0.6 is 0 Å². The van der Waals surface area contributed by atoms with Crippen molar-refractivity contribution in [2.24, 2.45) is 5.92 Å². The van der Waals surface area contributed by atoms with Crippen LogP contribution in [0.3, 0.4) is 0 Å². The summed E-state index contributed by atoms with van der Waals surface area (Å²) in [7, 11) is 0. The number of aromatic amines is 1. The first-order valence-corrected chi connectivity index (χ1v) is 8.46. The zero-order chi connectivity index (χ0) is 15.5. The van der Waals surface area contributed by atoms with Crippen LogP contribution < -0.4 is 0 Å². The predicted octanol–water partition coefficient (Wildman–Crippen LogP) is 4.22. The van der Waals surface area contributed by atoms with Gasteiger partial charge in [0.05, 0.1) is 6.20 Å². The van der Waals surface area contributed by atoms with Crippen molar-refractivity contribution in [1.29, 1.82) is 0 Å². The standard InChI is InChI=1S/C19H27N3/c1-14(2)13-22-9-7-16(8-10-22)19-18(12-20-21-19)17-6-4-5-15(3)11-17/h4-6,11-12,14,16H,7-10,13H2,1-3H3,(H,20,21). The maximum atomic E-state index is 4.33. The van der Waals surface area contributed by atoms with Gasteiger partial charge >= 0.3 is 0 Å². The molecule has 1 aliphatic rings. The SMILES string of the molecule is Cc1cccc(-c2cn[nH]c2C2CCN(CC(C)C)CC2)c1. The molecule has 0 spiro atoms. The molecule has 3 nitrogen and oxygen atoms in total. The molecule has 0 aliphatic carbocycles. The summed E-state index contributed by atoms with van der Waals surface area (Å²) in [5, 5.41) is 7.61. The maximum Gasteiger partial charge on any atom is 0.0568 e. The zero-order valence-corrected chi connectivity index (χ0v) is 14.0. The highest BCUT2D eigenvalue weighted by Crippen LogP contribution is 2.34. The molecule has 0 unspecified atom stereocenters. The van der Waals surface area contributed by atoms with Crippen LogP contribution in [0, 0.1) is 12.8 Å². The Morgan fingerprint density at radius 3 is 2.73 bits per heavy atom. The van der Waals surface area contributed by atoms with E-state index in [0.29, 0.717) is 5.92 Å². The minimum atomic E-state index is 0.612. The number of hydrogen-bond donors (Lipinski definition) is 1. The number of nitrogens with one attached hydrogen (secondary N) is 1. The number of hydrogen-bond acceptors (Lipinski definition) is 2. The summed E-state index contributed by atoms with van der Waals surface area (Å²) >= 11 is 0. The maximum absolute atomic E-state index is 4.33. The van der Waals surface area contributed by atoms with E-state index < -0.39 is 0 Å². The highest BCUT2D eigenvalue weighted by Gasteiger charge is 2.24. The molecule has 1 aromatic heterocycles. The molecule has 3 rings (SSSR count). The highest BCUT2D eigenvalue weighted by molar-refractivity contribution is 5.66. The van der Waals surface area contributed by atoms with Crippen molar-refractivity contribution < 1.29 is 0 Å². The minimum Gasteiger partial charge on any atom is -0.303 e. The van der Waals surface area contributed by atoms with Crippen LogP contribution in [0.1, 0.15) is 43.9 Å². The molecule has 118 valence electrons. The molecule has 2 aromatic rings. The van der Waals surface area contributed by atoms with Crippen LogP contribution in [0.25, 0.3) is 11.1 Å². The topological polar surface area (TPSA) is 31.9 Å². The largest absolute Gasteiger partial charge is 0.303 e. The van der Waals surface area contributed by atoms with Gasteiger partial charge in [-0.3, -0.25) is 5.10 Å². The van der Waals surface area contributed by atoms with E-state index in [0.717, 1.165) is 5.92 Å². The quantitative estimate of drug-likeness (QED) is 0.916. The van der Waals surface area contributed by atoms with Crippen molar-refractivity contribution in [2.75, 3.05) is 19.6 Å². The monoisotopic (exact) mass is 297 g/mol. The van der Waals surface area contributed by atoms with Crippen molar-refractivity contribution in [2.45, 2.75) is 39.5 Å². The fourth-order valence-corrected chi connectivity index (χ4v) is 3.57. The lowest BCUT2D eigenvalue weighted by Crippen LogP contribution is -2.35. The van der Waals surface area contributed by atoms with Crippen molar-refractivity contribution in [3.63, 3.8) is 0 Å². The summed E-state index contributed by atoms with van der Waals surface area (Å²) in [6.07, 6.45) is 4.45. The van der Waals surface area contributed by atoms with E-state index in [1.807, 2.05) is 6.20 Å². The molecule has 1 fully saturated rings.